The SMILES string of the molecule is CCN(CC)c1ccc(-c2nnc(SC(C)C(=O)c3ccc4c(c3)NC(=O)CO4)o2)cc1. The number of hydrogen-bond donors (Lipinski definition) is 1. The zero-order valence-electron chi connectivity index (χ0n) is 18.1. The largest absolute Gasteiger partial charge is 0.482 e. The number of thioether (sulfide) groups is 1. The van der Waals surface area contributed by atoms with E-state index in [1.54, 1.807) is 25.1 Å². The van der Waals surface area contributed by atoms with Gasteiger partial charge in [0.1, 0.15) is 5.75 Å². The molecule has 8 nitrogen and oxygen atoms in total. The highest BCUT2D eigenvalue weighted by Crippen LogP contribution is 2.32. The summed E-state index contributed by atoms with van der Waals surface area (Å²) in [6, 6.07) is 13.0. The van der Waals surface area contributed by atoms with E-state index in [2.05, 4.69) is 34.3 Å². The van der Waals surface area contributed by atoms with Crippen molar-refractivity contribution in [1.82, 2.24) is 10.2 Å². The van der Waals surface area contributed by atoms with Crippen LogP contribution in [-0.4, -0.2) is 46.8 Å². The minimum Gasteiger partial charge on any atom is -0.482 e. The van der Waals surface area contributed by atoms with Crippen LogP contribution in [0.25, 0.3) is 11.5 Å². The summed E-state index contributed by atoms with van der Waals surface area (Å²) in [6.45, 7) is 7.87. The number of hydrogen-bond acceptors (Lipinski definition) is 8. The van der Waals surface area contributed by atoms with Crippen LogP contribution in [0.3, 0.4) is 0 Å². The second-order valence-corrected chi connectivity index (χ2v) is 8.56. The van der Waals surface area contributed by atoms with Crippen LogP contribution in [0.5, 0.6) is 5.75 Å². The second-order valence-electron chi connectivity index (χ2n) is 7.26. The van der Waals surface area contributed by atoms with Crippen LogP contribution in [-0.2, 0) is 4.79 Å². The number of ketones is 1. The topological polar surface area (TPSA) is 97.6 Å². The number of rotatable bonds is 8. The molecule has 1 aromatic heterocycles. The van der Waals surface area contributed by atoms with Crippen molar-refractivity contribution in [2.24, 2.45) is 0 Å². The van der Waals surface area contributed by atoms with E-state index >= 15 is 0 Å². The third-order valence-corrected chi connectivity index (χ3v) is 6.13. The maximum absolute atomic E-state index is 12.9. The quantitative estimate of drug-likeness (QED) is 0.400. The average Bonchev–Trinajstić information content (AvgIpc) is 3.27. The Labute approximate surface area is 190 Å². The molecule has 0 aliphatic carbocycles. The molecule has 0 saturated carbocycles. The summed E-state index contributed by atoms with van der Waals surface area (Å²) in [7, 11) is 0. The van der Waals surface area contributed by atoms with Crippen LogP contribution in [0, 0.1) is 0 Å². The first kappa shape index (κ1) is 21.9. The van der Waals surface area contributed by atoms with Crippen molar-refractivity contribution in [3.05, 3.63) is 48.0 Å². The molecule has 2 heterocycles. The Kier molecular flexibility index (Phi) is 6.45. The summed E-state index contributed by atoms with van der Waals surface area (Å²) < 4.78 is 11.1. The predicted octanol–water partition coefficient (Wildman–Crippen LogP) is 4.28. The Balaban J connectivity index is 1.43. The molecule has 0 spiro atoms. The third-order valence-electron chi connectivity index (χ3n) is 5.19. The Morgan fingerprint density at radius 3 is 2.62 bits per heavy atom. The van der Waals surface area contributed by atoms with Crippen LogP contribution >= 0.6 is 11.8 Å². The van der Waals surface area contributed by atoms with E-state index in [-0.39, 0.29) is 18.3 Å². The standard InChI is InChI=1S/C23H24N4O4S/c1-4-27(5-2)17-9-6-15(7-10-17)22-25-26-23(31-22)32-14(3)21(29)16-8-11-19-18(12-16)24-20(28)13-30-19/h6-12,14H,4-5,13H2,1-3H3,(H,24,28). The van der Waals surface area contributed by atoms with Crippen LogP contribution in [0.1, 0.15) is 31.1 Å². The number of Topliss-reactive ketones (excluding diaryl/α,β-unsaturated/α-hetero) is 1. The van der Waals surface area contributed by atoms with Crippen LogP contribution < -0.4 is 15.0 Å². The van der Waals surface area contributed by atoms with Crippen molar-refractivity contribution in [3.8, 4) is 17.2 Å². The molecule has 0 bridgehead atoms. The van der Waals surface area contributed by atoms with Gasteiger partial charge in [0, 0.05) is 29.9 Å². The van der Waals surface area contributed by atoms with E-state index in [4.69, 9.17) is 9.15 Å². The summed E-state index contributed by atoms with van der Waals surface area (Å²) in [6.07, 6.45) is 0. The van der Waals surface area contributed by atoms with Gasteiger partial charge in [0.25, 0.3) is 11.1 Å². The van der Waals surface area contributed by atoms with Gasteiger partial charge in [0.2, 0.25) is 5.89 Å². The fraction of sp³-hybridized carbons (Fsp3) is 0.304. The molecule has 166 valence electrons. The highest BCUT2D eigenvalue weighted by molar-refractivity contribution is 8.00. The van der Waals surface area contributed by atoms with Crippen molar-refractivity contribution in [1.29, 1.82) is 0 Å². The maximum Gasteiger partial charge on any atom is 0.277 e. The number of amides is 1. The minimum absolute atomic E-state index is 0.0236. The van der Waals surface area contributed by atoms with Crippen molar-refractivity contribution in [2.75, 3.05) is 29.9 Å². The lowest BCUT2D eigenvalue weighted by Crippen LogP contribution is -2.25. The summed E-state index contributed by atoms with van der Waals surface area (Å²) in [5.74, 6) is 0.607. The lowest BCUT2D eigenvalue weighted by molar-refractivity contribution is -0.118. The Morgan fingerprint density at radius 2 is 1.91 bits per heavy atom. The van der Waals surface area contributed by atoms with Gasteiger partial charge in [-0.05, 0) is 63.2 Å². The number of aromatic nitrogens is 2. The zero-order chi connectivity index (χ0) is 22.7. The van der Waals surface area contributed by atoms with Gasteiger partial charge >= 0.3 is 0 Å². The number of ether oxygens (including phenoxy) is 1. The number of nitrogens with zero attached hydrogens (tertiary/aromatic N) is 3. The molecule has 9 heteroatoms. The maximum atomic E-state index is 12.9. The van der Waals surface area contributed by atoms with Crippen molar-refractivity contribution in [2.45, 2.75) is 31.2 Å². The first-order chi connectivity index (χ1) is 15.5. The van der Waals surface area contributed by atoms with E-state index in [1.807, 2.05) is 24.3 Å². The molecular weight excluding hydrogens is 428 g/mol. The monoisotopic (exact) mass is 452 g/mol. The van der Waals surface area contributed by atoms with Gasteiger partial charge in [-0.3, -0.25) is 9.59 Å². The van der Waals surface area contributed by atoms with Crippen molar-refractivity contribution < 1.29 is 18.7 Å². The minimum atomic E-state index is -0.452. The molecule has 0 saturated heterocycles. The Hall–Kier alpha value is -3.33. The van der Waals surface area contributed by atoms with Crippen LogP contribution in [0.2, 0.25) is 0 Å². The molecule has 1 aliphatic rings. The molecule has 3 aromatic rings. The smallest absolute Gasteiger partial charge is 0.277 e. The zero-order valence-corrected chi connectivity index (χ0v) is 18.9. The molecular formula is C23H24N4O4S. The number of fused-ring (bicyclic) bond motifs is 1. The molecule has 0 fully saturated rings. The number of nitrogens with one attached hydrogen (secondary N) is 1. The van der Waals surface area contributed by atoms with Gasteiger partial charge in [-0.2, -0.15) is 0 Å². The summed E-state index contributed by atoms with van der Waals surface area (Å²) >= 11 is 1.20. The van der Waals surface area contributed by atoms with E-state index in [0.29, 0.717) is 28.1 Å². The predicted molar refractivity (Wildman–Crippen MR) is 124 cm³/mol. The van der Waals surface area contributed by atoms with Gasteiger partial charge in [0.05, 0.1) is 10.9 Å². The second kappa shape index (κ2) is 9.44. The molecule has 1 aliphatic heterocycles. The lowest BCUT2D eigenvalue weighted by atomic mass is 10.1. The first-order valence-electron chi connectivity index (χ1n) is 10.4. The van der Waals surface area contributed by atoms with E-state index in [9.17, 15) is 9.59 Å². The summed E-state index contributed by atoms with van der Waals surface area (Å²) in [5, 5.41) is 10.8. The molecule has 32 heavy (non-hydrogen) atoms. The molecule has 4 rings (SSSR count). The molecule has 2 aromatic carbocycles. The van der Waals surface area contributed by atoms with Crippen molar-refractivity contribution >= 4 is 34.8 Å². The molecule has 1 atom stereocenters. The van der Waals surface area contributed by atoms with Gasteiger partial charge in [0.15, 0.2) is 12.4 Å². The fourth-order valence-corrected chi connectivity index (χ4v) is 4.21. The number of carbonyl (C=O) groups excluding carboxylic acids is 2. The molecule has 1 unspecified atom stereocenters. The fourth-order valence-electron chi connectivity index (χ4n) is 3.45. The number of benzene rings is 2. The average molecular weight is 453 g/mol. The lowest BCUT2D eigenvalue weighted by Gasteiger charge is -2.20. The first-order valence-corrected chi connectivity index (χ1v) is 11.3. The Morgan fingerprint density at radius 1 is 1.16 bits per heavy atom. The number of anilines is 2. The van der Waals surface area contributed by atoms with Crippen molar-refractivity contribution in [3.63, 3.8) is 0 Å². The number of carbonyl (C=O) groups is 2. The normalized spacial score (nSPS) is 13.7. The van der Waals surface area contributed by atoms with E-state index < -0.39 is 5.25 Å². The molecule has 1 amide bonds. The van der Waals surface area contributed by atoms with Gasteiger partial charge < -0.3 is 19.4 Å². The summed E-state index contributed by atoms with van der Waals surface area (Å²) in [4.78, 5) is 26.7. The highest BCUT2D eigenvalue weighted by atomic mass is 32.2. The van der Waals surface area contributed by atoms with E-state index in [1.165, 1.54) is 11.8 Å². The molecule has 1 N–H and O–H groups in total. The van der Waals surface area contributed by atoms with Crippen LogP contribution in [0.15, 0.2) is 52.1 Å². The van der Waals surface area contributed by atoms with Crippen LogP contribution in [0.4, 0.5) is 11.4 Å². The third kappa shape index (κ3) is 4.62. The Bertz CT molecular complexity index is 1130. The van der Waals surface area contributed by atoms with Gasteiger partial charge in [-0.15, -0.1) is 10.2 Å². The highest BCUT2D eigenvalue weighted by Gasteiger charge is 2.23. The molecule has 0 radical (unpaired) electrons. The van der Waals surface area contributed by atoms with Gasteiger partial charge in [-0.1, -0.05) is 11.8 Å². The van der Waals surface area contributed by atoms with E-state index in [0.717, 1.165) is 24.3 Å². The van der Waals surface area contributed by atoms with Gasteiger partial charge in [-0.25, -0.2) is 0 Å². The summed E-state index contributed by atoms with van der Waals surface area (Å²) in [5.41, 5.74) is 2.93.